The monoisotopic (exact) mass is 1020 g/mol. The maximum atomic E-state index is 14.0. The van der Waals surface area contributed by atoms with E-state index in [1.807, 2.05) is 50.5 Å². The van der Waals surface area contributed by atoms with E-state index in [-0.39, 0.29) is 24.1 Å². The van der Waals surface area contributed by atoms with Gasteiger partial charge in [0.05, 0.1) is 25.0 Å². The number of ether oxygens (including phenoxy) is 6. The first kappa shape index (κ1) is 52.2. The fourth-order valence-corrected chi connectivity index (χ4v) is 22.2. The Hall–Kier alpha value is -4.68. The molecule has 7 heterocycles. The lowest BCUT2D eigenvalue weighted by molar-refractivity contribution is -0.200. The van der Waals surface area contributed by atoms with Gasteiger partial charge in [0.2, 0.25) is 0 Å². The molecule has 0 bridgehead atoms. The number of anilines is 1. The SMILES string of the molecule is CC(C)[Si](OC[C@H]1O[C@@H](n2c(/C=C\C[C@H]3O[C@@H](n4c(CO[Si](c5ccccc5)(c5ccccc5)C(C)(C)C)nc5c(N)ncnc54)[C@@H]4OC(C)(C)O[C@@H]43)cc(=O)[nH]c2=O)[C@@H]2OC(C)(C)O[C@@H]21)(C(C)C)C(C)C. The van der Waals surface area contributed by atoms with E-state index in [1.54, 1.807) is 6.08 Å². The van der Waals surface area contributed by atoms with Crippen molar-refractivity contribution >= 4 is 50.1 Å². The Bertz CT molecular complexity index is 2820. The Morgan fingerprint density at radius 2 is 1.28 bits per heavy atom. The Labute approximate surface area is 424 Å². The van der Waals surface area contributed by atoms with Crippen molar-refractivity contribution in [1.82, 2.24) is 29.1 Å². The standard InChI is InChI=1S/C53H73N7O10Si2/c1-31(2)71(32(3)4,33(5)6)63-28-38-43-45(70-53(12,13)68-43)48(66-38)59-34(27-40(61)58-50(59)62)21-20-26-37-42-44(69-52(10,11)67-42)49(65-37)60-39(57-41-46(54)55-30-56-47(41)60)29-64-72(51(7,8)9,35-22-16-14-17-23-35)36-24-18-15-19-25-36/h14-25,27,30-33,37-38,42-45,48-49H,26,28-29H2,1-13H3,(H2,54,55,56)(H,58,61,62)/b21-20-/t37-,38-,42-,43-,44-,45-,48-,49-/m1/s1. The number of rotatable bonds is 16. The molecule has 4 aliphatic heterocycles. The highest BCUT2D eigenvalue weighted by atomic mass is 28.4. The molecule has 0 saturated carbocycles. The molecule has 0 unspecified atom stereocenters. The van der Waals surface area contributed by atoms with Crippen LogP contribution in [0.5, 0.6) is 0 Å². The van der Waals surface area contributed by atoms with Crippen LogP contribution in [-0.2, 0) is 43.9 Å². The molecule has 17 nitrogen and oxygen atoms in total. The van der Waals surface area contributed by atoms with Crippen LogP contribution in [-0.4, -0.2) is 101 Å². The van der Waals surface area contributed by atoms with E-state index in [4.69, 9.17) is 53.0 Å². The molecule has 0 aliphatic carbocycles. The molecule has 0 amide bonds. The van der Waals surface area contributed by atoms with Crippen molar-refractivity contribution in [3.05, 3.63) is 111 Å². The summed E-state index contributed by atoms with van der Waals surface area (Å²) in [5, 5.41) is 1.94. The molecule has 0 spiro atoms. The number of imidazole rings is 1. The van der Waals surface area contributed by atoms with Crippen LogP contribution in [0.2, 0.25) is 21.7 Å². The van der Waals surface area contributed by atoms with Gasteiger partial charge in [-0.2, -0.15) is 0 Å². The number of nitrogens with two attached hydrogens (primary N) is 1. The highest BCUT2D eigenvalue weighted by molar-refractivity contribution is 6.99. The predicted octanol–water partition coefficient (Wildman–Crippen LogP) is 7.47. The number of nitrogen functional groups attached to an aromatic ring is 1. The molecule has 3 aromatic heterocycles. The maximum Gasteiger partial charge on any atom is 0.331 e. The normalized spacial score (nSPS) is 26.2. The molecule has 4 saturated heterocycles. The number of hydrogen-bond donors (Lipinski definition) is 2. The molecule has 4 aliphatic rings. The molecule has 3 N–H and O–H groups in total. The molecule has 8 atom stereocenters. The highest BCUT2D eigenvalue weighted by Crippen LogP contribution is 2.48. The van der Waals surface area contributed by atoms with Gasteiger partial charge in [-0.05, 0) is 72.2 Å². The Morgan fingerprint density at radius 1 is 0.750 bits per heavy atom. The first-order valence-electron chi connectivity index (χ1n) is 25.4. The topological polar surface area (TPSA) is 198 Å². The minimum Gasteiger partial charge on any atom is -0.413 e. The molecule has 2 aromatic carbocycles. The number of benzene rings is 2. The average Bonchev–Trinajstić information content (AvgIpc) is 4.08. The number of H-pyrrole nitrogens is 1. The van der Waals surface area contributed by atoms with Crippen molar-refractivity contribution in [3.8, 4) is 0 Å². The maximum absolute atomic E-state index is 14.0. The van der Waals surface area contributed by atoms with Crippen molar-refractivity contribution in [2.24, 2.45) is 0 Å². The molecule has 388 valence electrons. The van der Waals surface area contributed by atoms with Crippen LogP contribution in [0.1, 0.15) is 120 Å². The fraction of sp³-hybridized carbons (Fsp3) is 0.566. The van der Waals surface area contributed by atoms with E-state index in [0.717, 1.165) is 10.4 Å². The quantitative estimate of drug-likeness (QED) is 0.0924. The minimum absolute atomic E-state index is 0.0925. The summed E-state index contributed by atoms with van der Waals surface area (Å²) in [5.41, 5.74) is 7.59. The van der Waals surface area contributed by atoms with Gasteiger partial charge in [-0.25, -0.2) is 19.7 Å². The smallest absolute Gasteiger partial charge is 0.331 e. The molecule has 9 rings (SSSR count). The fourth-order valence-electron chi connectivity index (χ4n) is 12.3. The molecule has 72 heavy (non-hydrogen) atoms. The van der Waals surface area contributed by atoms with Crippen molar-refractivity contribution in [2.45, 2.75) is 185 Å². The third-order valence-corrected chi connectivity index (χ3v) is 26.1. The zero-order valence-electron chi connectivity index (χ0n) is 44.0. The van der Waals surface area contributed by atoms with Crippen LogP contribution < -0.4 is 27.4 Å². The van der Waals surface area contributed by atoms with E-state index in [0.29, 0.717) is 45.7 Å². The lowest BCUT2D eigenvalue weighted by atomic mass is 10.1. The molecular formula is C53H73N7O10Si2. The predicted molar refractivity (Wildman–Crippen MR) is 280 cm³/mol. The van der Waals surface area contributed by atoms with Crippen molar-refractivity contribution in [1.29, 1.82) is 0 Å². The minimum atomic E-state index is -3.04. The summed E-state index contributed by atoms with van der Waals surface area (Å²) in [6, 6.07) is 22.2. The summed E-state index contributed by atoms with van der Waals surface area (Å²) in [5.74, 6) is -1.15. The first-order valence-corrected chi connectivity index (χ1v) is 29.4. The van der Waals surface area contributed by atoms with E-state index in [1.165, 1.54) is 17.0 Å². The summed E-state index contributed by atoms with van der Waals surface area (Å²) in [6.07, 6.45) is 0.195. The lowest BCUT2D eigenvalue weighted by Crippen LogP contribution is -2.66. The Balaban J connectivity index is 1.03. The Kier molecular flexibility index (Phi) is 14.2. The second-order valence-electron chi connectivity index (χ2n) is 22.5. The number of nitrogens with one attached hydrogen (secondary N) is 1. The number of aromatic nitrogens is 6. The summed E-state index contributed by atoms with van der Waals surface area (Å²) >= 11 is 0. The van der Waals surface area contributed by atoms with E-state index in [9.17, 15) is 9.59 Å². The highest BCUT2D eigenvalue weighted by Gasteiger charge is 2.59. The average molecular weight is 1020 g/mol. The third kappa shape index (κ3) is 9.32. The van der Waals surface area contributed by atoms with Gasteiger partial charge >= 0.3 is 5.69 Å². The molecular weight excluding hydrogens is 951 g/mol. The van der Waals surface area contributed by atoms with Crippen LogP contribution in [0, 0.1) is 0 Å². The van der Waals surface area contributed by atoms with Crippen LogP contribution >= 0.6 is 0 Å². The summed E-state index contributed by atoms with van der Waals surface area (Å²) in [7, 11) is -5.34. The third-order valence-electron chi connectivity index (χ3n) is 15.0. The molecule has 19 heteroatoms. The number of aromatic amines is 1. The van der Waals surface area contributed by atoms with E-state index in [2.05, 4.69) is 121 Å². The van der Waals surface area contributed by atoms with Gasteiger partial charge in [-0.15, -0.1) is 0 Å². The van der Waals surface area contributed by atoms with Gasteiger partial charge in [0.15, 0.2) is 49.3 Å². The van der Waals surface area contributed by atoms with E-state index >= 15 is 0 Å². The van der Waals surface area contributed by atoms with Crippen molar-refractivity contribution < 1.29 is 37.3 Å². The van der Waals surface area contributed by atoms with Crippen molar-refractivity contribution in [2.75, 3.05) is 12.3 Å². The van der Waals surface area contributed by atoms with Gasteiger partial charge in [0.1, 0.15) is 42.7 Å². The zero-order valence-corrected chi connectivity index (χ0v) is 46.0. The summed E-state index contributed by atoms with van der Waals surface area (Å²) in [4.78, 5) is 43.6. The van der Waals surface area contributed by atoms with E-state index < -0.39 is 88.5 Å². The zero-order chi connectivity index (χ0) is 51.7. The van der Waals surface area contributed by atoms with Gasteiger partial charge in [0.25, 0.3) is 13.9 Å². The van der Waals surface area contributed by atoms with Crippen molar-refractivity contribution in [3.63, 3.8) is 0 Å². The summed E-state index contributed by atoms with van der Waals surface area (Å²) < 4.78 is 57.8. The van der Waals surface area contributed by atoms with Crippen LogP contribution in [0.25, 0.3) is 17.2 Å². The first-order chi connectivity index (χ1) is 34.0. The van der Waals surface area contributed by atoms with Gasteiger partial charge in [-0.3, -0.25) is 18.9 Å². The second-order valence-corrected chi connectivity index (χ2v) is 32.3. The molecule has 5 aromatic rings. The lowest BCUT2D eigenvalue weighted by Gasteiger charge is -2.43. The Morgan fingerprint density at radius 3 is 1.83 bits per heavy atom. The number of nitrogens with zero attached hydrogens (tertiary/aromatic N) is 5. The number of fused-ring (bicyclic) bond motifs is 3. The molecule has 0 radical (unpaired) electrons. The van der Waals surface area contributed by atoms with Crippen LogP contribution in [0.4, 0.5) is 5.82 Å². The summed E-state index contributed by atoms with van der Waals surface area (Å²) in [6.45, 7) is 28.0. The van der Waals surface area contributed by atoms with Gasteiger partial charge in [-0.1, -0.05) is 129 Å². The van der Waals surface area contributed by atoms with Crippen LogP contribution in [0.15, 0.2) is 88.7 Å². The van der Waals surface area contributed by atoms with Gasteiger partial charge in [0, 0.05) is 6.07 Å². The largest absolute Gasteiger partial charge is 0.413 e. The number of hydrogen-bond acceptors (Lipinski definition) is 14. The molecule has 4 fully saturated rings. The van der Waals surface area contributed by atoms with Gasteiger partial charge < -0.3 is 43.0 Å². The van der Waals surface area contributed by atoms with Crippen LogP contribution in [0.3, 0.4) is 0 Å². The second kappa shape index (κ2) is 19.5.